The number of nitrogens with zero attached hydrogens (tertiary/aromatic N) is 2. The van der Waals surface area contributed by atoms with Crippen LogP contribution in [0.15, 0.2) is 54.6 Å². The van der Waals surface area contributed by atoms with Gasteiger partial charge in [-0.05, 0) is 30.2 Å². The highest BCUT2D eigenvalue weighted by molar-refractivity contribution is 7.20. The van der Waals surface area contributed by atoms with Gasteiger partial charge >= 0.3 is 0 Å². The fourth-order valence-electron chi connectivity index (χ4n) is 3.59. The largest absolute Gasteiger partial charge is 0.368 e. The third kappa shape index (κ3) is 3.59. The number of benzene rings is 2. The third-order valence-corrected chi connectivity index (χ3v) is 6.17. The van der Waals surface area contributed by atoms with E-state index in [2.05, 4.69) is 58.3 Å². The van der Waals surface area contributed by atoms with Crippen LogP contribution < -0.4 is 10.6 Å². The SMILES string of the molecule is NC(=O)c1cc2c(N3CCN(CCc4ccccc4)CC3)cccc2s1. The molecule has 134 valence electrons. The molecule has 1 aliphatic rings. The number of carbonyl (C=O) groups is 1. The summed E-state index contributed by atoms with van der Waals surface area (Å²) in [6.07, 6.45) is 1.10. The van der Waals surface area contributed by atoms with E-state index in [-0.39, 0.29) is 5.91 Å². The van der Waals surface area contributed by atoms with Crippen molar-refractivity contribution in [3.63, 3.8) is 0 Å². The first kappa shape index (κ1) is 17.1. The van der Waals surface area contributed by atoms with Crippen molar-refractivity contribution in [3.05, 3.63) is 65.0 Å². The molecule has 0 aliphatic carbocycles. The van der Waals surface area contributed by atoms with Crippen LogP contribution in [0.1, 0.15) is 15.2 Å². The molecule has 0 bridgehead atoms. The number of piperazine rings is 1. The van der Waals surface area contributed by atoms with Crippen molar-refractivity contribution in [2.45, 2.75) is 6.42 Å². The maximum atomic E-state index is 11.5. The van der Waals surface area contributed by atoms with E-state index in [9.17, 15) is 4.79 Å². The van der Waals surface area contributed by atoms with Crippen LogP contribution in [0.3, 0.4) is 0 Å². The quantitative estimate of drug-likeness (QED) is 0.754. The first-order valence-corrected chi connectivity index (χ1v) is 9.86. The van der Waals surface area contributed by atoms with Gasteiger partial charge < -0.3 is 10.6 Å². The smallest absolute Gasteiger partial charge is 0.258 e. The molecule has 1 aliphatic heterocycles. The van der Waals surface area contributed by atoms with Gasteiger partial charge in [-0.25, -0.2) is 0 Å². The summed E-state index contributed by atoms with van der Waals surface area (Å²) in [6.45, 7) is 5.25. The van der Waals surface area contributed by atoms with Crippen LogP contribution in [0.4, 0.5) is 5.69 Å². The zero-order valence-electron chi connectivity index (χ0n) is 14.7. The fraction of sp³-hybridized carbons (Fsp3) is 0.286. The van der Waals surface area contributed by atoms with E-state index in [4.69, 9.17) is 5.73 Å². The number of rotatable bonds is 5. The van der Waals surface area contributed by atoms with Crippen molar-refractivity contribution in [2.75, 3.05) is 37.6 Å². The van der Waals surface area contributed by atoms with Gasteiger partial charge in [-0.3, -0.25) is 9.69 Å². The van der Waals surface area contributed by atoms with Crippen LogP contribution in [-0.4, -0.2) is 43.5 Å². The molecule has 4 nitrogen and oxygen atoms in total. The topological polar surface area (TPSA) is 49.6 Å². The van der Waals surface area contributed by atoms with E-state index < -0.39 is 0 Å². The molecule has 1 amide bonds. The van der Waals surface area contributed by atoms with E-state index >= 15 is 0 Å². The molecule has 2 heterocycles. The van der Waals surface area contributed by atoms with E-state index in [1.807, 2.05) is 6.07 Å². The zero-order valence-corrected chi connectivity index (χ0v) is 15.5. The van der Waals surface area contributed by atoms with Gasteiger partial charge in [-0.1, -0.05) is 36.4 Å². The van der Waals surface area contributed by atoms with Crippen molar-refractivity contribution in [2.24, 2.45) is 5.73 Å². The van der Waals surface area contributed by atoms with Gasteiger partial charge in [-0.2, -0.15) is 0 Å². The first-order chi connectivity index (χ1) is 12.7. The van der Waals surface area contributed by atoms with Gasteiger partial charge in [0, 0.05) is 48.5 Å². The van der Waals surface area contributed by atoms with Crippen molar-refractivity contribution in [1.82, 2.24) is 4.90 Å². The predicted molar refractivity (Wildman–Crippen MR) is 109 cm³/mol. The summed E-state index contributed by atoms with van der Waals surface area (Å²) in [5.41, 5.74) is 8.07. The summed E-state index contributed by atoms with van der Waals surface area (Å²) >= 11 is 1.48. The predicted octanol–water partition coefficient (Wildman–Crippen LogP) is 3.36. The molecule has 1 aromatic heterocycles. The Kier molecular flexibility index (Phi) is 4.91. The molecule has 5 heteroatoms. The summed E-state index contributed by atoms with van der Waals surface area (Å²) in [5.74, 6) is -0.345. The first-order valence-electron chi connectivity index (χ1n) is 9.04. The summed E-state index contributed by atoms with van der Waals surface area (Å²) in [4.78, 5) is 17.1. The van der Waals surface area contributed by atoms with Crippen LogP contribution in [0.25, 0.3) is 10.1 Å². The lowest BCUT2D eigenvalue weighted by Crippen LogP contribution is -2.47. The summed E-state index contributed by atoms with van der Waals surface area (Å²) < 4.78 is 1.13. The molecule has 1 fully saturated rings. The standard InChI is InChI=1S/C21H23N3OS/c22-21(25)20-15-17-18(7-4-8-19(17)26-20)24-13-11-23(12-14-24)10-9-16-5-2-1-3-6-16/h1-8,15H,9-14H2,(H2,22,25). The number of thiophene rings is 1. The van der Waals surface area contributed by atoms with Gasteiger partial charge in [0.15, 0.2) is 0 Å². The van der Waals surface area contributed by atoms with Crippen molar-refractivity contribution in [1.29, 1.82) is 0 Å². The number of amides is 1. The van der Waals surface area contributed by atoms with Crippen LogP contribution in [0, 0.1) is 0 Å². The second-order valence-corrected chi connectivity index (χ2v) is 7.81. The summed E-state index contributed by atoms with van der Waals surface area (Å²) in [6, 6.07) is 18.9. The van der Waals surface area contributed by atoms with Crippen molar-refractivity contribution < 1.29 is 4.79 Å². The molecular formula is C21H23N3OS. The lowest BCUT2D eigenvalue weighted by molar-refractivity contribution is 0.100. The molecular weight excluding hydrogens is 342 g/mol. The van der Waals surface area contributed by atoms with E-state index in [1.165, 1.54) is 22.6 Å². The molecule has 0 unspecified atom stereocenters. The Morgan fingerprint density at radius 2 is 1.77 bits per heavy atom. The Balaban J connectivity index is 1.41. The molecule has 4 rings (SSSR count). The normalized spacial score (nSPS) is 15.5. The Morgan fingerprint density at radius 3 is 2.50 bits per heavy atom. The van der Waals surface area contributed by atoms with Crippen LogP contribution in [-0.2, 0) is 6.42 Å². The molecule has 0 radical (unpaired) electrons. The second kappa shape index (κ2) is 7.48. The lowest BCUT2D eigenvalue weighted by Gasteiger charge is -2.36. The number of primary amides is 1. The van der Waals surface area contributed by atoms with Crippen LogP contribution >= 0.6 is 11.3 Å². The fourth-order valence-corrected chi connectivity index (χ4v) is 4.52. The van der Waals surface area contributed by atoms with Gasteiger partial charge in [0.25, 0.3) is 5.91 Å². The highest BCUT2D eigenvalue weighted by Crippen LogP contribution is 2.33. The number of hydrogen-bond donors (Lipinski definition) is 1. The number of carbonyl (C=O) groups excluding carboxylic acids is 1. The summed E-state index contributed by atoms with van der Waals surface area (Å²) in [7, 11) is 0. The Labute approximate surface area is 157 Å². The Bertz CT molecular complexity index is 898. The van der Waals surface area contributed by atoms with Crippen LogP contribution in [0.5, 0.6) is 0 Å². The minimum Gasteiger partial charge on any atom is -0.368 e. The lowest BCUT2D eigenvalue weighted by atomic mass is 10.1. The maximum absolute atomic E-state index is 11.5. The van der Waals surface area contributed by atoms with E-state index in [0.29, 0.717) is 4.88 Å². The van der Waals surface area contributed by atoms with Crippen molar-refractivity contribution in [3.8, 4) is 0 Å². The second-order valence-electron chi connectivity index (χ2n) is 6.73. The highest BCUT2D eigenvalue weighted by Gasteiger charge is 2.19. The van der Waals surface area contributed by atoms with Crippen molar-refractivity contribution >= 4 is 33.0 Å². The number of hydrogen-bond acceptors (Lipinski definition) is 4. The van der Waals surface area contributed by atoms with Gasteiger partial charge in [-0.15, -0.1) is 11.3 Å². The molecule has 26 heavy (non-hydrogen) atoms. The monoisotopic (exact) mass is 365 g/mol. The average Bonchev–Trinajstić information content (AvgIpc) is 3.12. The van der Waals surface area contributed by atoms with Gasteiger partial charge in [0.1, 0.15) is 0 Å². The van der Waals surface area contributed by atoms with Gasteiger partial charge in [0.2, 0.25) is 0 Å². The van der Waals surface area contributed by atoms with E-state index in [0.717, 1.165) is 49.2 Å². The third-order valence-electron chi connectivity index (χ3n) is 5.05. The molecule has 2 N–H and O–H groups in total. The average molecular weight is 366 g/mol. The number of anilines is 1. The Morgan fingerprint density at radius 1 is 1.00 bits per heavy atom. The van der Waals surface area contributed by atoms with E-state index in [1.54, 1.807) is 0 Å². The maximum Gasteiger partial charge on any atom is 0.258 e. The zero-order chi connectivity index (χ0) is 17.9. The number of fused-ring (bicyclic) bond motifs is 1. The minimum absolute atomic E-state index is 0.345. The van der Waals surface area contributed by atoms with Crippen LogP contribution in [0.2, 0.25) is 0 Å². The molecule has 1 saturated heterocycles. The Hall–Kier alpha value is -2.37. The molecule has 3 aromatic rings. The summed E-state index contributed by atoms with van der Waals surface area (Å²) in [5, 5.41) is 1.14. The minimum atomic E-state index is -0.345. The molecule has 0 spiro atoms. The number of nitrogens with two attached hydrogens (primary N) is 1. The highest BCUT2D eigenvalue weighted by atomic mass is 32.1. The molecule has 0 atom stereocenters. The van der Waals surface area contributed by atoms with Gasteiger partial charge in [0.05, 0.1) is 4.88 Å². The molecule has 2 aromatic carbocycles. The molecule has 0 saturated carbocycles.